The van der Waals surface area contributed by atoms with Gasteiger partial charge in [-0.2, -0.15) is 0 Å². The van der Waals surface area contributed by atoms with Crippen molar-refractivity contribution in [2.75, 3.05) is 11.1 Å². The Balaban J connectivity index is 1.56. The lowest BCUT2D eigenvalue weighted by molar-refractivity contribution is -0.384. The maximum atomic E-state index is 14.5. The van der Waals surface area contributed by atoms with Crippen molar-refractivity contribution in [3.05, 3.63) is 99.3 Å². The molecule has 8 nitrogen and oxygen atoms in total. The Labute approximate surface area is 202 Å². The molecule has 0 aliphatic carbocycles. The largest absolute Gasteiger partial charge is 0.324 e. The fourth-order valence-corrected chi connectivity index (χ4v) is 4.09. The molecule has 1 heterocycles. The lowest BCUT2D eigenvalue weighted by Gasteiger charge is -2.11. The number of hydrogen-bond donors (Lipinski definition) is 1. The molecule has 1 aromatic heterocycles. The molecule has 1 amide bonds. The predicted octanol–water partition coefficient (Wildman–Crippen LogP) is 5.42. The third-order valence-corrected chi connectivity index (χ3v) is 6.08. The Morgan fingerprint density at radius 2 is 1.82 bits per heavy atom. The van der Waals surface area contributed by atoms with Crippen LogP contribution in [0.25, 0.3) is 11.4 Å². The lowest BCUT2D eigenvalue weighted by atomic mass is 10.2. The lowest BCUT2D eigenvalue weighted by Crippen LogP contribution is -2.15. The molecule has 0 saturated heterocycles. The number of benzene rings is 3. The van der Waals surface area contributed by atoms with Crippen LogP contribution in [-0.2, 0) is 11.3 Å². The fraction of sp³-hybridized carbons (Fsp3) is 0.0870. The number of thioether (sulfide) groups is 1. The molecular weight excluding hydrogens is 481 g/mol. The van der Waals surface area contributed by atoms with Crippen LogP contribution in [0.2, 0.25) is 5.02 Å². The molecule has 0 bridgehead atoms. The van der Waals surface area contributed by atoms with Gasteiger partial charge in [0.15, 0.2) is 11.0 Å². The minimum absolute atomic E-state index is 0.0663. The normalized spacial score (nSPS) is 10.8. The first kappa shape index (κ1) is 23.4. The highest BCUT2D eigenvalue weighted by molar-refractivity contribution is 7.99. The highest BCUT2D eigenvalue weighted by atomic mass is 35.5. The van der Waals surface area contributed by atoms with Crippen molar-refractivity contribution in [1.82, 2.24) is 14.8 Å². The van der Waals surface area contributed by atoms with Crippen LogP contribution in [0.3, 0.4) is 0 Å². The van der Waals surface area contributed by atoms with E-state index in [9.17, 15) is 19.3 Å². The number of aromatic nitrogens is 3. The summed E-state index contributed by atoms with van der Waals surface area (Å²) in [5.74, 6) is -0.594. The Kier molecular flexibility index (Phi) is 7.19. The number of nitrogens with one attached hydrogen (secondary N) is 1. The summed E-state index contributed by atoms with van der Waals surface area (Å²) in [6, 6.07) is 19.6. The summed E-state index contributed by atoms with van der Waals surface area (Å²) >= 11 is 7.17. The molecule has 0 atom stereocenters. The first-order valence-corrected chi connectivity index (χ1v) is 11.4. The highest BCUT2D eigenvalue weighted by Crippen LogP contribution is 2.29. The van der Waals surface area contributed by atoms with E-state index in [1.165, 1.54) is 24.3 Å². The number of non-ortho nitro benzene ring substituents is 1. The maximum absolute atomic E-state index is 14.5. The van der Waals surface area contributed by atoms with E-state index in [-0.39, 0.29) is 22.2 Å². The molecule has 0 unspecified atom stereocenters. The van der Waals surface area contributed by atoms with Gasteiger partial charge in [-0.1, -0.05) is 65.8 Å². The Hall–Kier alpha value is -3.76. The van der Waals surface area contributed by atoms with Gasteiger partial charge in [-0.25, -0.2) is 4.39 Å². The number of carbonyl (C=O) groups is 1. The van der Waals surface area contributed by atoms with Crippen LogP contribution in [-0.4, -0.2) is 31.3 Å². The minimum atomic E-state index is -0.572. The number of hydrogen-bond acceptors (Lipinski definition) is 6. The summed E-state index contributed by atoms with van der Waals surface area (Å²) < 4.78 is 16.2. The predicted molar refractivity (Wildman–Crippen MR) is 128 cm³/mol. The number of rotatable bonds is 8. The molecule has 11 heteroatoms. The molecule has 0 aliphatic rings. The zero-order chi connectivity index (χ0) is 24.1. The van der Waals surface area contributed by atoms with Crippen LogP contribution >= 0.6 is 23.4 Å². The average Bonchev–Trinajstić information content (AvgIpc) is 3.22. The second-order valence-electron chi connectivity index (χ2n) is 7.12. The fourth-order valence-electron chi connectivity index (χ4n) is 3.18. The maximum Gasteiger partial charge on any atom is 0.271 e. The number of nitro benzene ring substituents is 1. The van der Waals surface area contributed by atoms with Gasteiger partial charge in [0, 0.05) is 12.1 Å². The van der Waals surface area contributed by atoms with Crippen molar-refractivity contribution in [3.8, 4) is 11.4 Å². The SMILES string of the molecule is O=C(CSc1nnc(-c2ccccc2F)n1Cc1ccccc1)Nc1cc([N+](=O)[O-])ccc1Cl. The van der Waals surface area contributed by atoms with Crippen LogP contribution in [0.15, 0.2) is 78.0 Å². The number of nitro groups is 1. The molecule has 4 aromatic rings. The number of anilines is 1. The number of amides is 1. The standard InChI is InChI=1S/C23H17ClFN5O3S/c24-18-11-10-16(30(32)33)12-20(18)26-21(31)14-34-23-28-27-22(17-8-4-5-9-19(17)25)29(23)13-15-6-2-1-3-7-15/h1-12H,13-14H2,(H,26,31). The van der Waals surface area contributed by atoms with Gasteiger partial charge in [0.2, 0.25) is 5.91 Å². The van der Waals surface area contributed by atoms with E-state index in [0.717, 1.165) is 17.3 Å². The van der Waals surface area contributed by atoms with Gasteiger partial charge in [0.05, 0.1) is 33.5 Å². The third kappa shape index (κ3) is 5.41. The summed E-state index contributed by atoms with van der Waals surface area (Å²) in [6.07, 6.45) is 0. The van der Waals surface area contributed by atoms with E-state index >= 15 is 0 Å². The van der Waals surface area contributed by atoms with E-state index in [2.05, 4.69) is 15.5 Å². The van der Waals surface area contributed by atoms with Crippen molar-refractivity contribution >= 4 is 40.6 Å². The summed E-state index contributed by atoms with van der Waals surface area (Å²) in [5.41, 5.74) is 1.20. The quantitative estimate of drug-likeness (QED) is 0.198. The molecule has 172 valence electrons. The molecule has 0 aliphatic heterocycles. The Morgan fingerprint density at radius 1 is 1.09 bits per heavy atom. The monoisotopic (exact) mass is 497 g/mol. The smallest absolute Gasteiger partial charge is 0.271 e. The Bertz CT molecular complexity index is 1350. The second kappa shape index (κ2) is 10.4. The van der Waals surface area contributed by atoms with E-state index in [0.29, 0.717) is 23.1 Å². The summed E-state index contributed by atoms with van der Waals surface area (Å²) in [4.78, 5) is 23.0. The molecular formula is C23H17ClFN5O3S. The summed E-state index contributed by atoms with van der Waals surface area (Å²) in [5, 5.41) is 22.5. The van der Waals surface area contributed by atoms with Crippen LogP contribution < -0.4 is 5.32 Å². The van der Waals surface area contributed by atoms with Gasteiger partial charge >= 0.3 is 0 Å². The average molecular weight is 498 g/mol. The van der Waals surface area contributed by atoms with Crippen LogP contribution in [0, 0.1) is 15.9 Å². The molecule has 1 N–H and O–H groups in total. The number of nitrogens with zero attached hydrogens (tertiary/aromatic N) is 4. The van der Waals surface area contributed by atoms with Gasteiger partial charge in [0.25, 0.3) is 5.69 Å². The summed E-state index contributed by atoms with van der Waals surface area (Å²) in [7, 11) is 0. The van der Waals surface area contributed by atoms with Gasteiger partial charge in [-0.05, 0) is 23.8 Å². The van der Waals surface area contributed by atoms with Gasteiger partial charge < -0.3 is 5.32 Å². The van der Waals surface area contributed by atoms with E-state index < -0.39 is 16.6 Å². The Morgan fingerprint density at radius 3 is 2.56 bits per heavy atom. The molecule has 0 radical (unpaired) electrons. The van der Waals surface area contributed by atoms with Gasteiger partial charge in [-0.3, -0.25) is 19.5 Å². The van der Waals surface area contributed by atoms with Crippen molar-refractivity contribution in [1.29, 1.82) is 0 Å². The van der Waals surface area contributed by atoms with Crippen molar-refractivity contribution in [2.45, 2.75) is 11.7 Å². The molecule has 0 saturated carbocycles. The van der Waals surface area contributed by atoms with Crippen LogP contribution in [0.1, 0.15) is 5.56 Å². The van der Waals surface area contributed by atoms with Crippen LogP contribution in [0.5, 0.6) is 0 Å². The molecule has 34 heavy (non-hydrogen) atoms. The summed E-state index contributed by atoms with van der Waals surface area (Å²) in [6.45, 7) is 0.373. The third-order valence-electron chi connectivity index (χ3n) is 4.78. The van der Waals surface area contributed by atoms with Crippen molar-refractivity contribution < 1.29 is 14.1 Å². The van der Waals surface area contributed by atoms with E-state index in [4.69, 9.17) is 11.6 Å². The van der Waals surface area contributed by atoms with E-state index in [1.807, 2.05) is 30.3 Å². The topological polar surface area (TPSA) is 103 Å². The van der Waals surface area contributed by atoms with Crippen molar-refractivity contribution in [2.24, 2.45) is 0 Å². The number of halogens is 2. The molecule has 3 aromatic carbocycles. The zero-order valence-electron chi connectivity index (χ0n) is 17.5. The van der Waals surface area contributed by atoms with E-state index in [1.54, 1.807) is 22.8 Å². The first-order valence-electron chi connectivity index (χ1n) is 10.0. The zero-order valence-corrected chi connectivity index (χ0v) is 19.1. The highest BCUT2D eigenvalue weighted by Gasteiger charge is 2.19. The van der Waals surface area contributed by atoms with Crippen molar-refractivity contribution in [3.63, 3.8) is 0 Å². The molecule has 0 spiro atoms. The molecule has 4 rings (SSSR count). The minimum Gasteiger partial charge on any atom is -0.324 e. The molecule has 0 fully saturated rings. The number of carbonyl (C=O) groups excluding carboxylic acids is 1. The van der Waals surface area contributed by atoms with Gasteiger partial charge in [-0.15, -0.1) is 10.2 Å². The van der Waals surface area contributed by atoms with Gasteiger partial charge in [0.1, 0.15) is 5.82 Å². The first-order chi connectivity index (χ1) is 16.4. The second-order valence-corrected chi connectivity index (χ2v) is 8.47. The van der Waals surface area contributed by atoms with Crippen LogP contribution in [0.4, 0.5) is 15.8 Å².